The first-order valence-electron chi connectivity index (χ1n) is 4.75. The summed E-state index contributed by atoms with van der Waals surface area (Å²) in [4.78, 5) is 15.4. The van der Waals surface area contributed by atoms with E-state index < -0.39 is 23.2 Å². The first kappa shape index (κ1) is 12.2. The van der Waals surface area contributed by atoms with E-state index in [9.17, 15) is 13.6 Å². The zero-order valence-electron chi connectivity index (χ0n) is 8.91. The second-order valence-electron chi connectivity index (χ2n) is 3.35. The fraction of sp³-hybridized carbons (Fsp3) is 0. The number of anilines is 3. The van der Waals surface area contributed by atoms with Crippen molar-refractivity contribution in [3.63, 3.8) is 0 Å². The number of carbonyl (C=O) groups is 1. The molecule has 2 aromatic rings. The number of benzene rings is 1. The van der Waals surface area contributed by atoms with Gasteiger partial charge in [-0.1, -0.05) is 0 Å². The number of halogens is 2. The van der Waals surface area contributed by atoms with Crippen molar-refractivity contribution >= 4 is 33.8 Å². The maximum atomic E-state index is 13.4. The number of nitrogens with two attached hydrogens (primary N) is 2. The van der Waals surface area contributed by atoms with E-state index in [0.29, 0.717) is 0 Å². The summed E-state index contributed by atoms with van der Waals surface area (Å²) in [6.07, 6.45) is 0. The summed E-state index contributed by atoms with van der Waals surface area (Å²) in [5.74, 6) is -3.03. The van der Waals surface area contributed by atoms with Crippen LogP contribution in [0.15, 0.2) is 17.5 Å². The second kappa shape index (κ2) is 4.57. The van der Waals surface area contributed by atoms with Crippen molar-refractivity contribution < 1.29 is 13.6 Å². The van der Waals surface area contributed by atoms with Gasteiger partial charge < -0.3 is 16.8 Å². The van der Waals surface area contributed by atoms with E-state index in [1.165, 1.54) is 5.38 Å². The van der Waals surface area contributed by atoms with Crippen LogP contribution in [0.5, 0.6) is 0 Å². The van der Waals surface area contributed by atoms with Crippen molar-refractivity contribution in [1.29, 1.82) is 0 Å². The molecule has 0 aliphatic carbocycles. The van der Waals surface area contributed by atoms with Crippen LogP contribution in [0, 0.1) is 11.6 Å². The van der Waals surface area contributed by atoms with E-state index in [4.69, 9.17) is 11.5 Å². The Kier molecular flexibility index (Phi) is 3.11. The van der Waals surface area contributed by atoms with Crippen LogP contribution in [0.2, 0.25) is 0 Å². The van der Waals surface area contributed by atoms with Crippen LogP contribution in [0.3, 0.4) is 0 Å². The molecule has 0 fully saturated rings. The molecule has 0 aliphatic heterocycles. The molecule has 0 radical (unpaired) electrons. The Morgan fingerprint density at radius 2 is 2.06 bits per heavy atom. The largest absolute Gasteiger partial charge is 0.397 e. The summed E-state index contributed by atoms with van der Waals surface area (Å²) < 4.78 is 26.4. The van der Waals surface area contributed by atoms with E-state index >= 15 is 0 Å². The maximum Gasteiger partial charge on any atom is 0.275 e. The third-order valence-electron chi connectivity index (χ3n) is 2.12. The minimum Gasteiger partial charge on any atom is -0.397 e. The standard InChI is InChI=1S/C10H8F2N4OS/c11-4-1-2-5(13)8(7(4)12)16-9(17)6-3-18-10(14)15-6/h1-3H,13H2,(H2,14,15)(H,16,17). The van der Waals surface area contributed by atoms with Gasteiger partial charge >= 0.3 is 0 Å². The molecule has 0 spiro atoms. The Bertz CT molecular complexity index is 614. The Morgan fingerprint density at radius 1 is 1.33 bits per heavy atom. The number of rotatable bonds is 2. The van der Waals surface area contributed by atoms with Crippen LogP contribution in [0.25, 0.3) is 0 Å². The van der Waals surface area contributed by atoms with Gasteiger partial charge in [-0.3, -0.25) is 4.79 Å². The van der Waals surface area contributed by atoms with Gasteiger partial charge in [-0.15, -0.1) is 11.3 Å². The normalized spacial score (nSPS) is 10.3. The van der Waals surface area contributed by atoms with Crippen molar-refractivity contribution in [3.8, 4) is 0 Å². The van der Waals surface area contributed by atoms with Crippen molar-refractivity contribution in [2.75, 3.05) is 16.8 Å². The fourth-order valence-corrected chi connectivity index (χ4v) is 1.81. The predicted molar refractivity (Wildman–Crippen MR) is 65.2 cm³/mol. The Balaban J connectivity index is 2.30. The van der Waals surface area contributed by atoms with Gasteiger partial charge in [-0.05, 0) is 12.1 Å². The number of nitrogen functional groups attached to an aromatic ring is 2. The molecule has 8 heteroatoms. The summed E-state index contributed by atoms with van der Waals surface area (Å²) in [7, 11) is 0. The molecule has 2 rings (SSSR count). The van der Waals surface area contributed by atoms with Gasteiger partial charge in [0.25, 0.3) is 5.91 Å². The lowest BCUT2D eigenvalue weighted by atomic mass is 10.2. The molecule has 5 nitrogen and oxygen atoms in total. The minimum atomic E-state index is -1.22. The summed E-state index contributed by atoms with van der Waals surface area (Å²) in [5, 5.41) is 3.76. The highest BCUT2D eigenvalue weighted by molar-refractivity contribution is 7.13. The SMILES string of the molecule is Nc1nc(C(=O)Nc2c(N)ccc(F)c2F)cs1. The first-order chi connectivity index (χ1) is 8.49. The second-order valence-corrected chi connectivity index (χ2v) is 4.24. The number of hydrogen-bond donors (Lipinski definition) is 3. The van der Waals surface area contributed by atoms with E-state index in [2.05, 4.69) is 10.3 Å². The monoisotopic (exact) mass is 270 g/mol. The molecule has 1 amide bonds. The van der Waals surface area contributed by atoms with E-state index in [1.807, 2.05) is 0 Å². The topological polar surface area (TPSA) is 94.0 Å². The Hall–Kier alpha value is -2.22. The number of amides is 1. The number of hydrogen-bond acceptors (Lipinski definition) is 5. The number of aromatic nitrogens is 1. The maximum absolute atomic E-state index is 13.4. The van der Waals surface area contributed by atoms with Crippen LogP contribution in [-0.4, -0.2) is 10.9 Å². The number of nitrogens with one attached hydrogen (secondary N) is 1. The van der Waals surface area contributed by atoms with E-state index in [0.717, 1.165) is 23.5 Å². The third-order valence-corrected chi connectivity index (χ3v) is 2.79. The van der Waals surface area contributed by atoms with E-state index in [-0.39, 0.29) is 16.5 Å². The molecule has 18 heavy (non-hydrogen) atoms. The summed E-state index contributed by atoms with van der Waals surface area (Å²) in [6, 6.07) is 2.03. The first-order valence-corrected chi connectivity index (χ1v) is 5.63. The lowest BCUT2D eigenvalue weighted by molar-refractivity contribution is 0.102. The Labute approximate surface area is 104 Å². The van der Waals surface area contributed by atoms with Gasteiger partial charge in [0.2, 0.25) is 0 Å². The van der Waals surface area contributed by atoms with Crippen LogP contribution in [-0.2, 0) is 0 Å². The highest BCUT2D eigenvalue weighted by atomic mass is 32.1. The third kappa shape index (κ3) is 2.23. The van der Waals surface area contributed by atoms with Gasteiger partial charge in [-0.25, -0.2) is 13.8 Å². The zero-order chi connectivity index (χ0) is 13.3. The molecule has 5 N–H and O–H groups in total. The quantitative estimate of drug-likeness (QED) is 0.726. The lowest BCUT2D eigenvalue weighted by Gasteiger charge is -2.08. The molecule has 0 saturated heterocycles. The highest BCUT2D eigenvalue weighted by Gasteiger charge is 2.17. The highest BCUT2D eigenvalue weighted by Crippen LogP contribution is 2.25. The lowest BCUT2D eigenvalue weighted by Crippen LogP contribution is -2.15. The number of thiazole rings is 1. The number of carbonyl (C=O) groups excluding carboxylic acids is 1. The van der Waals surface area contributed by atoms with Crippen molar-refractivity contribution in [3.05, 3.63) is 34.8 Å². The Morgan fingerprint density at radius 3 is 2.67 bits per heavy atom. The molecular weight excluding hydrogens is 262 g/mol. The van der Waals surface area contributed by atoms with Gasteiger partial charge in [-0.2, -0.15) is 0 Å². The van der Waals surface area contributed by atoms with Crippen molar-refractivity contribution in [2.45, 2.75) is 0 Å². The molecular formula is C10H8F2N4OS. The average molecular weight is 270 g/mol. The molecule has 0 aliphatic rings. The van der Waals surface area contributed by atoms with Crippen LogP contribution >= 0.6 is 11.3 Å². The zero-order valence-corrected chi connectivity index (χ0v) is 9.72. The van der Waals surface area contributed by atoms with Gasteiger partial charge in [0.15, 0.2) is 16.8 Å². The van der Waals surface area contributed by atoms with Crippen molar-refractivity contribution in [2.24, 2.45) is 0 Å². The van der Waals surface area contributed by atoms with Crippen LogP contribution in [0.4, 0.5) is 25.3 Å². The van der Waals surface area contributed by atoms with Crippen LogP contribution in [0.1, 0.15) is 10.5 Å². The molecule has 1 heterocycles. The van der Waals surface area contributed by atoms with E-state index in [1.54, 1.807) is 0 Å². The van der Waals surface area contributed by atoms with Gasteiger partial charge in [0.1, 0.15) is 11.4 Å². The molecule has 0 saturated carbocycles. The fourth-order valence-electron chi connectivity index (χ4n) is 1.26. The summed E-state index contributed by atoms with van der Waals surface area (Å²) in [6.45, 7) is 0. The number of nitrogens with zero attached hydrogens (tertiary/aromatic N) is 1. The van der Waals surface area contributed by atoms with Gasteiger partial charge in [0, 0.05) is 5.38 Å². The molecule has 1 aromatic carbocycles. The summed E-state index contributed by atoms with van der Waals surface area (Å²) in [5.41, 5.74) is 10.3. The minimum absolute atomic E-state index is 0.0144. The van der Waals surface area contributed by atoms with Crippen LogP contribution < -0.4 is 16.8 Å². The molecule has 94 valence electrons. The molecule has 0 bridgehead atoms. The smallest absolute Gasteiger partial charge is 0.275 e. The van der Waals surface area contributed by atoms with Crippen molar-refractivity contribution in [1.82, 2.24) is 4.98 Å². The summed E-state index contributed by atoms with van der Waals surface area (Å²) >= 11 is 1.06. The molecule has 1 aromatic heterocycles. The van der Waals surface area contributed by atoms with Gasteiger partial charge in [0.05, 0.1) is 5.69 Å². The molecule has 0 atom stereocenters. The molecule has 0 unspecified atom stereocenters. The predicted octanol–water partition coefficient (Wildman–Crippen LogP) is 1.84. The average Bonchev–Trinajstić information content (AvgIpc) is 2.76.